The normalized spacial score (nSPS) is 18.1. The van der Waals surface area contributed by atoms with Crippen LogP contribution in [0.1, 0.15) is 16.8 Å². The summed E-state index contributed by atoms with van der Waals surface area (Å²) in [4.78, 5) is 24.8. The number of carbonyl (C=O) groups excluding carboxylic acids is 2. The molecule has 2 amide bonds. The summed E-state index contributed by atoms with van der Waals surface area (Å²) in [6, 6.07) is 2.44. The van der Waals surface area contributed by atoms with Crippen LogP contribution in [0.5, 0.6) is 0 Å². The van der Waals surface area contributed by atoms with Crippen LogP contribution in [-0.2, 0) is 4.79 Å². The standard InChI is InChI=1S/C13H14F2N2O3/c14-9-3-8(4-10(15)5-9)13(20)16-6-12(19)17-2-1-11(18)7-17/h3-5,11,18H,1-2,6-7H2,(H,16,20)/t11-/m0/s1. The molecule has 0 bridgehead atoms. The number of hydrogen-bond acceptors (Lipinski definition) is 3. The van der Waals surface area contributed by atoms with E-state index in [9.17, 15) is 23.5 Å². The molecule has 0 aliphatic carbocycles. The molecule has 1 aromatic carbocycles. The zero-order valence-corrected chi connectivity index (χ0v) is 10.6. The minimum atomic E-state index is -0.857. The van der Waals surface area contributed by atoms with Gasteiger partial charge in [0, 0.05) is 24.7 Å². The molecule has 0 unspecified atom stereocenters. The molecule has 1 heterocycles. The lowest BCUT2D eigenvalue weighted by Gasteiger charge is -2.15. The molecule has 20 heavy (non-hydrogen) atoms. The predicted octanol–water partition coefficient (Wildman–Crippen LogP) is 0.288. The maximum Gasteiger partial charge on any atom is 0.251 e. The van der Waals surface area contributed by atoms with Gasteiger partial charge in [-0.3, -0.25) is 9.59 Å². The van der Waals surface area contributed by atoms with E-state index in [0.717, 1.165) is 12.1 Å². The van der Waals surface area contributed by atoms with E-state index in [1.54, 1.807) is 0 Å². The average molecular weight is 284 g/mol. The summed E-state index contributed by atoms with van der Waals surface area (Å²) in [5, 5.41) is 11.6. The third kappa shape index (κ3) is 3.51. The molecule has 1 aliphatic heterocycles. The second-order valence-electron chi connectivity index (χ2n) is 4.62. The Morgan fingerprint density at radius 2 is 1.95 bits per heavy atom. The average Bonchev–Trinajstić information content (AvgIpc) is 2.81. The molecular formula is C13H14F2N2O3. The van der Waals surface area contributed by atoms with Gasteiger partial charge in [-0.15, -0.1) is 0 Å². The number of likely N-dealkylation sites (tertiary alicyclic amines) is 1. The first kappa shape index (κ1) is 14.4. The molecule has 108 valence electrons. The van der Waals surface area contributed by atoms with Crippen LogP contribution < -0.4 is 5.32 Å². The van der Waals surface area contributed by atoms with Gasteiger partial charge in [0.2, 0.25) is 5.91 Å². The largest absolute Gasteiger partial charge is 0.391 e. The highest BCUT2D eigenvalue weighted by Gasteiger charge is 2.24. The summed E-state index contributed by atoms with van der Waals surface area (Å²) >= 11 is 0. The molecule has 1 saturated heterocycles. The molecule has 5 nitrogen and oxygen atoms in total. The van der Waals surface area contributed by atoms with Crippen molar-refractivity contribution in [1.29, 1.82) is 0 Å². The summed E-state index contributed by atoms with van der Waals surface area (Å²) in [6.07, 6.45) is -0.0265. The highest BCUT2D eigenvalue weighted by atomic mass is 19.1. The second kappa shape index (κ2) is 5.96. The number of carbonyl (C=O) groups is 2. The Hall–Kier alpha value is -2.02. The molecule has 0 aromatic heterocycles. The maximum absolute atomic E-state index is 13.0. The summed E-state index contributed by atoms with van der Waals surface area (Å²) < 4.78 is 25.9. The van der Waals surface area contributed by atoms with Crippen LogP contribution in [0.4, 0.5) is 8.78 Å². The van der Waals surface area contributed by atoms with Crippen LogP contribution in [0.2, 0.25) is 0 Å². The number of β-amino-alcohol motifs (C(OH)–C–C–N with tert-alkyl or cyclic N) is 1. The minimum Gasteiger partial charge on any atom is -0.391 e. The van der Waals surface area contributed by atoms with Gasteiger partial charge in [-0.05, 0) is 18.6 Å². The maximum atomic E-state index is 13.0. The van der Waals surface area contributed by atoms with Gasteiger partial charge >= 0.3 is 0 Å². The molecule has 2 rings (SSSR count). The first-order valence-electron chi connectivity index (χ1n) is 6.16. The van der Waals surface area contributed by atoms with Crippen molar-refractivity contribution in [3.63, 3.8) is 0 Å². The smallest absolute Gasteiger partial charge is 0.251 e. The molecule has 0 saturated carbocycles. The quantitative estimate of drug-likeness (QED) is 0.838. The van der Waals surface area contributed by atoms with Gasteiger partial charge in [-0.1, -0.05) is 0 Å². The highest BCUT2D eigenvalue weighted by Crippen LogP contribution is 2.09. The molecule has 0 radical (unpaired) electrons. The first-order valence-corrected chi connectivity index (χ1v) is 6.16. The molecule has 0 spiro atoms. The number of benzene rings is 1. The zero-order chi connectivity index (χ0) is 14.7. The van der Waals surface area contributed by atoms with Crippen LogP contribution in [0, 0.1) is 11.6 Å². The van der Waals surface area contributed by atoms with Gasteiger partial charge < -0.3 is 15.3 Å². The van der Waals surface area contributed by atoms with Crippen molar-refractivity contribution >= 4 is 11.8 Å². The van der Waals surface area contributed by atoms with E-state index in [1.807, 2.05) is 0 Å². The molecule has 7 heteroatoms. The van der Waals surface area contributed by atoms with Crippen molar-refractivity contribution in [2.75, 3.05) is 19.6 Å². The number of nitrogens with one attached hydrogen (secondary N) is 1. The van der Waals surface area contributed by atoms with Gasteiger partial charge in [0.25, 0.3) is 5.91 Å². The van der Waals surface area contributed by atoms with Gasteiger partial charge in [0.15, 0.2) is 0 Å². The molecule has 2 N–H and O–H groups in total. The zero-order valence-electron chi connectivity index (χ0n) is 10.6. The second-order valence-corrected chi connectivity index (χ2v) is 4.62. The van der Waals surface area contributed by atoms with Crippen molar-refractivity contribution in [2.45, 2.75) is 12.5 Å². The molecule has 1 aliphatic rings. The number of amides is 2. The van der Waals surface area contributed by atoms with Gasteiger partial charge in [0.1, 0.15) is 11.6 Å². The van der Waals surface area contributed by atoms with Crippen LogP contribution >= 0.6 is 0 Å². The van der Waals surface area contributed by atoms with Gasteiger partial charge in [0.05, 0.1) is 12.6 Å². The summed E-state index contributed by atoms with van der Waals surface area (Å²) in [7, 11) is 0. The molecular weight excluding hydrogens is 270 g/mol. The van der Waals surface area contributed by atoms with Crippen LogP contribution in [-0.4, -0.2) is 47.6 Å². The SMILES string of the molecule is O=C(NCC(=O)N1CC[C@H](O)C1)c1cc(F)cc(F)c1. The Balaban J connectivity index is 1.90. The van der Waals surface area contributed by atoms with Crippen molar-refractivity contribution in [3.05, 3.63) is 35.4 Å². The number of aliphatic hydroxyl groups excluding tert-OH is 1. The van der Waals surface area contributed by atoms with Crippen molar-refractivity contribution < 1.29 is 23.5 Å². The summed E-state index contributed by atoms with van der Waals surface area (Å²) in [5.74, 6) is -2.78. The van der Waals surface area contributed by atoms with Gasteiger partial charge in [-0.2, -0.15) is 0 Å². The minimum absolute atomic E-state index is 0.184. The van der Waals surface area contributed by atoms with E-state index in [0.29, 0.717) is 19.0 Å². The highest BCUT2D eigenvalue weighted by molar-refractivity contribution is 5.96. The first-order chi connectivity index (χ1) is 9.45. The summed E-state index contributed by atoms with van der Waals surface area (Å²) in [5.41, 5.74) is -0.184. The van der Waals surface area contributed by atoms with Crippen molar-refractivity contribution in [3.8, 4) is 0 Å². The Labute approximate surface area is 114 Å². The van der Waals surface area contributed by atoms with E-state index in [-0.39, 0.29) is 24.6 Å². The van der Waals surface area contributed by atoms with Crippen LogP contribution in [0.3, 0.4) is 0 Å². The number of aliphatic hydroxyl groups is 1. The van der Waals surface area contributed by atoms with Crippen molar-refractivity contribution in [1.82, 2.24) is 10.2 Å². The Kier molecular flexibility index (Phi) is 4.29. The fourth-order valence-electron chi connectivity index (χ4n) is 2.02. The monoisotopic (exact) mass is 284 g/mol. The fourth-order valence-corrected chi connectivity index (χ4v) is 2.02. The molecule has 1 aromatic rings. The molecule has 1 atom stereocenters. The molecule has 1 fully saturated rings. The van der Waals surface area contributed by atoms with Crippen LogP contribution in [0.25, 0.3) is 0 Å². The van der Waals surface area contributed by atoms with Gasteiger partial charge in [-0.25, -0.2) is 8.78 Å². The number of rotatable bonds is 3. The van der Waals surface area contributed by atoms with E-state index < -0.39 is 23.6 Å². The van der Waals surface area contributed by atoms with E-state index in [1.165, 1.54) is 4.90 Å². The Morgan fingerprint density at radius 1 is 1.30 bits per heavy atom. The van der Waals surface area contributed by atoms with E-state index >= 15 is 0 Å². The third-order valence-electron chi connectivity index (χ3n) is 3.04. The van der Waals surface area contributed by atoms with Crippen molar-refractivity contribution in [2.24, 2.45) is 0 Å². The Morgan fingerprint density at radius 3 is 2.50 bits per heavy atom. The number of halogens is 2. The van der Waals surface area contributed by atoms with E-state index in [2.05, 4.69) is 5.32 Å². The topological polar surface area (TPSA) is 69.6 Å². The third-order valence-corrected chi connectivity index (χ3v) is 3.04. The fraction of sp³-hybridized carbons (Fsp3) is 0.385. The Bertz CT molecular complexity index is 516. The number of hydrogen-bond donors (Lipinski definition) is 2. The lowest BCUT2D eigenvalue weighted by Crippen LogP contribution is -2.39. The lowest BCUT2D eigenvalue weighted by atomic mass is 10.2. The van der Waals surface area contributed by atoms with Crippen LogP contribution in [0.15, 0.2) is 18.2 Å². The lowest BCUT2D eigenvalue weighted by molar-refractivity contribution is -0.129. The predicted molar refractivity (Wildman–Crippen MR) is 65.9 cm³/mol. The van der Waals surface area contributed by atoms with E-state index in [4.69, 9.17) is 0 Å². The summed E-state index contributed by atoms with van der Waals surface area (Å²) in [6.45, 7) is 0.400. The number of nitrogens with zero attached hydrogens (tertiary/aromatic N) is 1.